The summed E-state index contributed by atoms with van der Waals surface area (Å²) in [7, 11) is 0. The summed E-state index contributed by atoms with van der Waals surface area (Å²) in [6.07, 6.45) is 50.6. The van der Waals surface area contributed by atoms with Crippen LogP contribution in [0.5, 0.6) is 0 Å². The van der Waals surface area contributed by atoms with E-state index in [1.54, 1.807) is 0 Å². The van der Waals surface area contributed by atoms with E-state index in [2.05, 4.69) is 62.5 Å². The van der Waals surface area contributed by atoms with Gasteiger partial charge < -0.3 is 20.3 Å². The highest BCUT2D eigenvalue weighted by Gasteiger charge is 2.24. The van der Waals surface area contributed by atoms with Crippen LogP contribution in [0.4, 0.5) is 0 Å². The van der Waals surface area contributed by atoms with E-state index >= 15 is 0 Å². The Kier molecular flexibility index (Phi) is 42.7. The topological polar surface area (TPSA) is 95.9 Å². The molecule has 3 unspecified atom stereocenters. The first-order valence-corrected chi connectivity index (χ1v) is 24.2. The number of hydrogen-bond donors (Lipinski definition) is 3. The number of nitrogens with one attached hydrogen (secondary N) is 1. The van der Waals surface area contributed by atoms with Crippen molar-refractivity contribution in [1.29, 1.82) is 0 Å². The van der Waals surface area contributed by atoms with Gasteiger partial charge in [0.25, 0.3) is 0 Å². The SMILES string of the molecule is CCCCCCC/C=C/C=C/C=C/CCCCCCCC(=O)OC(CCCCCCCCCCC)CC(=O)NC(CO)C(O)CCCCCCCCCCCC. The zero-order valence-corrected chi connectivity index (χ0v) is 37.3. The van der Waals surface area contributed by atoms with Gasteiger partial charge in [-0.1, -0.05) is 218 Å². The zero-order valence-electron chi connectivity index (χ0n) is 37.3. The van der Waals surface area contributed by atoms with Gasteiger partial charge in [-0.2, -0.15) is 0 Å². The Morgan fingerprint density at radius 1 is 0.518 bits per heavy atom. The number of allylic oxidation sites excluding steroid dienone is 6. The molecular weight excluding hydrogens is 695 g/mol. The van der Waals surface area contributed by atoms with E-state index in [0.29, 0.717) is 19.3 Å². The number of ether oxygens (including phenoxy) is 1. The van der Waals surface area contributed by atoms with Crippen molar-refractivity contribution >= 4 is 11.9 Å². The van der Waals surface area contributed by atoms with Crippen LogP contribution in [0.1, 0.15) is 245 Å². The van der Waals surface area contributed by atoms with E-state index in [-0.39, 0.29) is 24.9 Å². The third-order valence-electron chi connectivity index (χ3n) is 11.0. The Balaban J connectivity index is 4.51. The molecule has 0 rings (SSSR count). The summed E-state index contributed by atoms with van der Waals surface area (Å²) in [5.41, 5.74) is 0. The van der Waals surface area contributed by atoms with Crippen LogP contribution >= 0.6 is 0 Å². The zero-order chi connectivity index (χ0) is 41.0. The summed E-state index contributed by atoms with van der Waals surface area (Å²) in [5.74, 6) is -0.493. The van der Waals surface area contributed by atoms with Crippen molar-refractivity contribution in [1.82, 2.24) is 5.32 Å². The fourth-order valence-corrected chi connectivity index (χ4v) is 7.31. The van der Waals surface area contributed by atoms with Crippen LogP contribution < -0.4 is 5.32 Å². The van der Waals surface area contributed by atoms with Gasteiger partial charge in [-0.15, -0.1) is 0 Å². The van der Waals surface area contributed by atoms with Gasteiger partial charge in [0, 0.05) is 6.42 Å². The first kappa shape index (κ1) is 54.1. The van der Waals surface area contributed by atoms with Gasteiger partial charge in [0.2, 0.25) is 5.91 Å². The van der Waals surface area contributed by atoms with Crippen LogP contribution in [-0.4, -0.2) is 46.9 Å². The van der Waals surface area contributed by atoms with Gasteiger partial charge in [-0.3, -0.25) is 9.59 Å². The molecule has 0 bridgehead atoms. The molecule has 0 aromatic heterocycles. The monoisotopic (exact) mass is 788 g/mol. The maximum absolute atomic E-state index is 13.1. The van der Waals surface area contributed by atoms with Crippen molar-refractivity contribution in [3.63, 3.8) is 0 Å². The van der Waals surface area contributed by atoms with Gasteiger partial charge >= 0.3 is 5.97 Å². The Hall–Kier alpha value is -1.92. The molecule has 0 aromatic carbocycles. The van der Waals surface area contributed by atoms with Crippen LogP contribution in [0.25, 0.3) is 0 Å². The molecule has 0 radical (unpaired) electrons. The minimum Gasteiger partial charge on any atom is -0.462 e. The van der Waals surface area contributed by atoms with Crippen LogP contribution in [-0.2, 0) is 14.3 Å². The van der Waals surface area contributed by atoms with Gasteiger partial charge in [-0.25, -0.2) is 0 Å². The van der Waals surface area contributed by atoms with Crippen molar-refractivity contribution in [3.8, 4) is 0 Å². The molecule has 0 spiro atoms. The van der Waals surface area contributed by atoms with Gasteiger partial charge in [-0.05, 0) is 51.4 Å². The number of rotatable bonds is 43. The molecule has 0 fully saturated rings. The number of aliphatic hydroxyl groups is 2. The minimum absolute atomic E-state index is 0.0718. The smallest absolute Gasteiger partial charge is 0.306 e. The Morgan fingerprint density at radius 2 is 0.911 bits per heavy atom. The highest BCUT2D eigenvalue weighted by Crippen LogP contribution is 2.18. The molecule has 3 atom stereocenters. The predicted molar refractivity (Wildman–Crippen MR) is 241 cm³/mol. The Bertz CT molecular complexity index is 930. The van der Waals surface area contributed by atoms with E-state index in [4.69, 9.17) is 4.74 Å². The van der Waals surface area contributed by atoms with E-state index in [1.807, 2.05) is 0 Å². The molecule has 0 aromatic rings. The van der Waals surface area contributed by atoms with E-state index in [9.17, 15) is 19.8 Å². The standard InChI is InChI=1S/C50H93NO5/c1-4-7-10-13-16-19-21-22-23-24-25-26-27-28-31-34-37-40-43-50(55)56-46(41-38-35-32-29-18-15-12-9-6-3)44-49(54)51-47(45-52)48(53)42-39-36-33-30-20-17-14-11-8-5-2/h21-26,46-48,52-53H,4-20,27-45H2,1-3H3,(H,51,54)/b22-21+,24-23+,26-25+. The second kappa shape index (κ2) is 44.2. The van der Waals surface area contributed by atoms with Crippen molar-refractivity contribution in [2.24, 2.45) is 0 Å². The van der Waals surface area contributed by atoms with Crippen LogP contribution in [0.3, 0.4) is 0 Å². The lowest BCUT2D eigenvalue weighted by molar-refractivity contribution is -0.151. The molecule has 0 aliphatic rings. The number of carbonyl (C=O) groups excluding carboxylic acids is 2. The van der Waals surface area contributed by atoms with Gasteiger partial charge in [0.05, 0.1) is 25.2 Å². The summed E-state index contributed by atoms with van der Waals surface area (Å²) in [6, 6.07) is -0.700. The third kappa shape index (κ3) is 38.9. The number of unbranched alkanes of at least 4 members (excludes halogenated alkanes) is 27. The third-order valence-corrected chi connectivity index (χ3v) is 11.0. The van der Waals surface area contributed by atoms with Crippen LogP contribution in [0.2, 0.25) is 0 Å². The number of amides is 1. The number of carbonyl (C=O) groups is 2. The average Bonchev–Trinajstić information content (AvgIpc) is 3.19. The van der Waals surface area contributed by atoms with Crippen LogP contribution in [0, 0.1) is 0 Å². The first-order chi connectivity index (χ1) is 27.5. The largest absolute Gasteiger partial charge is 0.462 e. The summed E-state index contributed by atoms with van der Waals surface area (Å²) < 4.78 is 5.90. The lowest BCUT2D eigenvalue weighted by atomic mass is 10.0. The first-order valence-electron chi connectivity index (χ1n) is 24.2. The summed E-state index contributed by atoms with van der Waals surface area (Å²) in [4.78, 5) is 26.0. The molecule has 1 amide bonds. The Labute approximate surface area is 347 Å². The highest BCUT2D eigenvalue weighted by atomic mass is 16.5. The van der Waals surface area contributed by atoms with Crippen molar-refractivity contribution in [2.45, 2.75) is 264 Å². The molecule has 3 N–H and O–H groups in total. The molecule has 0 heterocycles. The maximum atomic E-state index is 13.1. The van der Waals surface area contributed by atoms with Gasteiger partial charge in [0.15, 0.2) is 0 Å². The van der Waals surface area contributed by atoms with Crippen molar-refractivity contribution in [2.75, 3.05) is 6.61 Å². The second-order valence-electron chi connectivity index (χ2n) is 16.6. The molecule has 6 heteroatoms. The molecule has 0 aliphatic heterocycles. The molecule has 328 valence electrons. The summed E-state index contributed by atoms with van der Waals surface area (Å²) in [6.45, 7) is 6.43. The molecule has 56 heavy (non-hydrogen) atoms. The highest BCUT2D eigenvalue weighted by molar-refractivity contribution is 5.77. The maximum Gasteiger partial charge on any atom is 0.306 e. The fourth-order valence-electron chi connectivity index (χ4n) is 7.31. The molecule has 0 saturated carbocycles. The summed E-state index contributed by atoms with van der Waals surface area (Å²) >= 11 is 0. The molecular formula is C50H93NO5. The second-order valence-corrected chi connectivity index (χ2v) is 16.6. The quantitative estimate of drug-likeness (QED) is 0.0325. The Morgan fingerprint density at radius 3 is 1.36 bits per heavy atom. The van der Waals surface area contributed by atoms with Crippen molar-refractivity contribution in [3.05, 3.63) is 36.5 Å². The lowest BCUT2D eigenvalue weighted by Gasteiger charge is -2.24. The predicted octanol–water partition coefficient (Wildman–Crippen LogP) is 14.1. The molecule has 0 aliphatic carbocycles. The lowest BCUT2D eigenvalue weighted by Crippen LogP contribution is -2.46. The van der Waals surface area contributed by atoms with Gasteiger partial charge in [0.1, 0.15) is 6.10 Å². The average molecular weight is 788 g/mol. The van der Waals surface area contributed by atoms with E-state index in [0.717, 1.165) is 70.6 Å². The normalized spacial score (nSPS) is 13.6. The number of aliphatic hydroxyl groups excluding tert-OH is 2. The number of esters is 1. The van der Waals surface area contributed by atoms with Crippen molar-refractivity contribution < 1.29 is 24.5 Å². The number of hydrogen-bond acceptors (Lipinski definition) is 5. The van der Waals surface area contributed by atoms with E-state index < -0.39 is 18.2 Å². The van der Waals surface area contributed by atoms with Crippen LogP contribution in [0.15, 0.2) is 36.5 Å². The summed E-state index contributed by atoms with van der Waals surface area (Å²) in [5, 5.41) is 23.6. The molecule has 0 saturated heterocycles. The van der Waals surface area contributed by atoms with E-state index in [1.165, 1.54) is 128 Å². The minimum atomic E-state index is -0.786. The fraction of sp³-hybridized carbons (Fsp3) is 0.840. The molecule has 6 nitrogen and oxygen atoms in total.